The Hall–Kier alpha value is -2.67. The van der Waals surface area contributed by atoms with Crippen LogP contribution in [0.4, 0.5) is 4.79 Å². The molecule has 1 fully saturated rings. The van der Waals surface area contributed by atoms with Crippen LogP contribution in [0.25, 0.3) is 0 Å². The maximum Gasteiger partial charge on any atom is 0.286 e. The van der Waals surface area contributed by atoms with E-state index in [1.165, 1.54) is 0 Å². The number of amides is 3. The van der Waals surface area contributed by atoms with Crippen LogP contribution in [0.5, 0.6) is 0 Å². The summed E-state index contributed by atoms with van der Waals surface area (Å²) >= 11 is 1.04. The van der Waals surface area contributed by atoms with Crippen LogP contribution in [0, 0.1) is 0 Å². The van der Waals surface area contributed by atoms with Crippen molar-refractivity contribution in [2.45, 2.75) is 18.1 Å². The van der Waals surface area contributed by atoms with Crippen molar-refractivity contribution in [3.63, 3.8) is 0 Å². The van der Waals surface area contributed by atoms with Gasteiger partial charge in [-0.3, -0.25) is 24.7 Å². The van der Waals surface area contributed by atoms with Crippen LogP contribution in [0.15, 0.2) is 48.8 Å². The van der Waals surface area contributed by atoms with Gasteiger partial charge in [0.25, 0.3) is 11.1 Å². The highest BCUT2D eigenvalue weighted by Gasteiger charge is 2.31. The molecule has 25 heavy (non-hydrogen) atoms. The largest absolute Gasteiger partial charge is 0.352 e. The van der Waals surface area contributed by atoms with Gasteiger partial charge in [0.15, 0.2) is 0 Å². The third kappa shape index (κ3) is 4.67. The van der Waals surface area contributed by atoms with E-state index < -0.39 is 0 Å². The number of benzene rings is 1. The summed E-state index contributed by atoms with van der Waals surface area (Å²) in [5.74, 6) is -0.342. The van der Waals surface area contributed by atoms with E-state index in [0.717, 1.165) is 22.9 Å². The zero-order valence-electron chi connectivity index (χ0n) is 13.4. The van der Waals surface area contributed by atoms with E-state index >= 15 is 0 Å². The second kappa shape index (κ2) is 7.94. The van der Waals surface area contributed by atoms with E-state index in [1.807, 2.05) is 24.3 Å². The van der Waals surface area contributed by atoms with Gasteiger partial charge in [0.2, 0.25) is 5.91 Å². The molecule has 2 N–H and O–H groups in total. The first-order valence-corrected chi connectivity index (χ1v) is 8.77. The van der Waals surface area contributed by atoms with E-state index in [2.05, 4.69) is 15.6 Å². The lowest BCUT2D eigenvalue weighted by atomic mass is 10.1. The molecule has 3 amide bonds. The molecule has 2 heterocycles. The molecule has 1 unspecified atom stereocenters. The van der Waals surface area contributed by atoms with Crippen LogP contribution >= 0.6 is 11.8 Å². The van der Waals surface area contributed by atoms with Gasteiger partial charge >= 0.3 is 0 Å². The molecule has 6 nitrogen and oxygen atoms in total. The van der Waals surface area contributed by atoms with Gasteiger partial charge in [-0.05, 0) is 36.1 Å². The van der Waals surface area contributed by atoms with Crippen molar-refractivity contribution < 1.29 is 14.4 Å². The maximum atomic E-state index is 11.9. The molecule has 2 aromatic rings. The van der Waals surface area contributed by atoms with Crippen molar-refractivity contribution >= 4 is 28.8 Å². The van der Waals surface area contributed by atoms with Crippen LogP contribution in [-0.4, -0.2) is 33.8 Å². The summed E-state index contributed by atoms with van der Waals surface area (Å²) in [7, 11) is 0. The van der Waals surface area contributed by atoms with Crippen LogP contribution in [-0.2, 0) is 17.6 Å². The molecule has 3 rings (SSSR count). The topological polar surface area (TPSA) is 88.2 Å². The summed E-state index contributed by atoms with van der Waals surface area (Å²) in [6, 6.07) is 11.2. The quantitative estimate of drug-likeness (QED) is 0.827. The second-order valence-corrected chi connectivity index (χ2v) is 6.82. The highest BCUT2D eigenvalue weighted by Crippen LogP contribution is 2.23. The smallest absolute Gasteiger partial charge is 0.286 e. The van der Waals surface area contributed by atoms with Crippen LogP contribution in [0.2, 0.25) is 0 Å². The number of aromatic nitrogens is 1. The summed E-state index contributed by atoms with van der Waals surface area (Å²) in [5.41, 5.74) is 2.69. The Kier molecular flexibility index (Phi) is 5.45. The van der Waals surface area contributed by atoms with Crippen molar-refractivity contribution in [1.29, 1.82) is 0 Å². The van der Waals surface area contributed by atoms with Crippen molar-refractivity contribution in [3.05, 3.63) is 65.5 Å². The minimum atomic E-state index is -0.349. The highest BCUT2D eigenvalue weighted by atomic mass is 32.2. The molecule has 0 radical (unpaired) electrons. The molecule has 0 bridgehead atoms. The van der Waals surface area contributed by atoms with Gasteiger partial charge in [0.1, 0.15) is 0 Å². The van der Waals surface area contributed by atoms with Gasteiger partial charge in [0, 0.05) is 24.5 Å². The Balaban J connectivity index is 1.47. The van der Waals surface area contributed by atoms with E-state index in [1.54, 1.807) is 24.5 Å². The standard InChI is InChI=1S/C18H17N3O3S/c22-16(14-6-8-19-9-7-14)20-10-5-12-1-3-13(4-2-12)11-15-17(23)21-18(24)25-15/h1-4,6-9,15H,5,10-11H2,(H,20,22)(H,21,23,24). The first-order valence-electron chi connectivity index (χ1n) is 7.89. The molecular formula is C18H17N3O3S. The van der Waals surface area contributed by atoms with Gasteiger partial charge in [0.05, 0.1) is 5.25 Å². The molecule has 1 aliphatic heterocycles. The third-order valence-electron chi connectivity index (χ3n) is 3.85. The number of thioether (sulfide) groups is 1. The average Bonchev–Trinajstić information content (AvgIpc) is 2.94. The summed E-state index contributed by atoms with van der Waals surface area (Å²) in [6.07, 6.45) is 4.42. The Bertz CT molecular complexity index is 778. The molecular weight excluding hydrogens is 338 g/mol. The van der Waals surface area contributed by atoms with E-state index in [-0.39, 0.29) is 22.3 Å². The van der Waals surface area contributed by atoms with Crippen molar-refractivity contribution in [2.75, 3.05) is 6.54 Å². The number of pyridine rings is 1. The van der Waals surface area contributed by atoms with E-state index in [0.29, 0.717) is 24.9 Å². The van der Waals surface area contributed by atoms with Gasteiger partial charge < -0.3 is 5.32 Å². The zero-order valence-corrected chi connectivity index (χ0v) is 14.2. The fourth-order valence-electron chi connectivity index (χ4n) is 2.51. The predicted molar refractivity (Wildman–Crippen MR) is 95.3 cm³/mol. The Labute approximate surface area is 149 Å². The maximum absolute atomic E-state index is 11.9. The highest BCUT2D eigenvalue weighted by molar-refractivity contribution is 8.15. The van der Waals surface area contributed by atoms with E-state index in [4.69, 9.17) is 0 Å². The normalized spacial score (nSPS) is 16.6. The third-order valence-corrected chi connectivity index (χ3v) is 4.83. The first kappa shape index (κ1) is 17.2. The van der Waals surface area contributed by atoms with E-state index in [9.17, 15) is 14.4 Å². The second-order valence-electron chi connectivity index (χ2n) is 5.65. The summed E-state index contributed by atoms with van der Waals surface area (Å²) in [5, 5.41) is 4.53. The number of carbonyl (C=O) groups is 3. The fourth-order valence-corrected chi connectivity index (χ4v) is 3.37. The summed E-state index contributed by atoms with van der Waals surface area (Å²) in [6.45, 7) is 0.538. The molecule has 1 aromatic carbocycles. The molecule has 1 aromatic heterocycles. The van der Waals surface area contributed by atoms with Crippen molar-refractivity contribution in [3.8, 4) is 0 Å². The van der Waals surface area contributed by atoms with Crippen molar-refractivity contribution in [1.82, 2.24) is 15.6 Å². The molecule has 0 aliphatic carbocycles. The van der Waals surface area contributed by atoms with Gasteiger partial charge in [-0.15, -0.1) is 0 Å². The minimum absolute atomic E-state index is 0.118. The van der Waals surface area contributed by atoms with Crippen LogP contribution in [0.3, 0.4) is 0 Å². The lowest BCUT2D eigenvalue weighted by Crippen LogP contribution is -2.25. The number of carbonyl (C=O) groups excluding carboxylic acids is 3. The summed E-state index contributed by atoms with van der Waals surface area (Å²) in [4.78, 5) is 38.6. The zero-order chi connectivity index (χ0) is 17.6. The Morgan fingerprint density at radius 1 is 1.08 bits per heavy atom. The first-order chi connectivity index (χ1) is 12.1. The fraction of sp³-hybridized carbons (Fsp3) is 0.222. The van der Waals surface area contributed by atoms with Crippen LogP contribution < -0.4 is 10.6 Å². The molecule has 1 saturated heterocycles. The average molecular weight is 355 g/mol. The lowest BCUT2D eigenvalue weighted by Gasteiger charge is -2.08. The minimum Gasteiger partial charge on any atom is -0.352 e. The lowest BCUT2D eigenvalue weighted by molar-refractivity contribution is -0.118. The number of hydrogen-bond donors (Lipinski definition) is 2. The van der Waals surface area contributed by atoms with Crippen molar-refractivity contribution in [2.24, 2.45) is 0 Å². The molecule has 128 valence electrons. The molecule has 7 heteroatoms. The number of nitrogens with zero attached hydrogens (tertiary/aromatic N) is 1. The van der Waals surface area contributed by atoms with Gasteiger partial charge in [-0.2, -0.15) is 0 Å². The number of imide groups is 1. The number of hydrogen-bond acceptors (Lipinski definition) is 5. The monoisotopic (exact) mass is 355 g/mol. The summed E-state index contributed by atoms with van der Waals surface area (Å²) < 4.78 is 0. The van der Waals surface area contributed by atoms with Gasteiger partial charge in [-0.25, -0.2) is 0 Å². The number of rotatable bonds is 6. The van der Waals surface area contributed by atoms with Gasteiger partial charge in [-0.1, -0.05) is 36.0 Å². The predicted octanol–water partition coefficient (Wildman–Crippen LogP) is 1.95. The molecule has 0 spiro atoms. The van der Waals surface area contributed by atoms with Crippen LogP contribution in [0.1, 0.15) is 21.5 Å². The molecule has 1 aliphatic rings. The SMILES string of the molecule is O=C1NC(=O)C(Cc2ccc(CCNC(=O)c3ccncc3)cc2)S1. The Morgan fingerprint density at radius 2 is 1.76 bits per heavy atom. The Morgan fingerprint density at radius 3 is 2.40 bits per heavy atom. The molecule has 1 atom stereocenters. The number of nitrogens with one attached hydrogen (secondary N) is 2. The molecule has 0 saturated carbocycles.